The highest BCUT2D eigenvalue weighted by Gasteiger charge is 2.17. The van der Waals surface area contributed by atoms with Crippen molar-refractivity contribution in [3.8, 4) is 0 Å². The van der Waals surface area contributed by atoms with E-state index in [1.807, 2.05) is 0 Å². The molecule has 0 aliphatic rings. The highest BCUT2D eigenvalue weighted by Crippen LogP contribution is 2.17. The van der Waals surface area contributed by atoms with E-state index in [0.29, 0.717) is 5.12 Å². The van der Waals surface area contributed by atoms with Crippen molar-refractivity contribution in [1.29, 1.82) is 0 Å². The van der Waals surface area contributed by atoms with Gasteiger partial charge in [-0.3, -0.25) is 10.1 Å². The molecule has 8 heteroatoms. The second-order valence-corrected chi connectivity index (χ2v) is 3.92. The number of benzene rings is 2. The van der Waals surface area contributed by atoms with E-state index in [-0.39, 0.29) is 16.9 Å². The van der Waals surface area contributed by atoms with E-state index >= 15 is 0 Å². The van der Waals surface area contributed by atoms with Gasteiger partial charge < -0.3 is 10.1 Å². The van der Waals surface area contributed by atoms with Crippen molar-refractivity contribution in [3.63, 3.8) is 0 Å². The molecule has 0 heterocycles. The Labute approximate surface area is 119 Å². The van der Waals surface area contributed by atoms with Gasteiger partial charge in [-0.15, -0.1) is 0 Å². The number of hydrogen-bond acceptors (Lipinski definition) is 5. The zero-order chi connectivity index (χ0) is 15.2. The van der Waals surface area contributed by atoms with Gasteiger partial charge in [0.1, 0.15) is 5.69 Å². The highest BCUT2D eigenvalue weighted by atomic mass is 16.7. The maximum atomic E-state index is 11.0. The van der Waals surface area contributed by atoms with Crippen molar-refractivity contribution in [2.45, 2.75) is 0 Å². The molecule has 0 N–H and O–H groups in total. The van der Waals surface area contributed by atoms with E-state index in [2.05, 4.69) is 5.10 Å². The van der Waals surface area contributed by atoms with Crippen LogP contribution in [0.5, 0.6) is 0 Å². The third kappa shape index (κ3) is 3.38. The van der Waals surface area contributed by atoms with E-state index in [9.17, 15) is 20.2 Å². The molecular formula is C13H10N4O4. The molecule has 0 aromatic heterocycles. The summed E-state index contributed by atoms with van der Waals surface area (Å²) in [6, 6.07) is 13.9. The summed E-state index contributed by atoms with van der Waals surface area (Å²) in [5.74, 6) is 0. The Kier molecular flexibility index (Phi) is 4.20. The number of anilines is 1. The Morgan fingerprint density at radius 1 is 0.952 bits per heavy atom. The lowest BCUT2D eigenvalue weighted by molar-refractivity contribution is -0.495. The molecule has 0 unspecified atom stereocenters. The van der Waals surface area contributed by atoms with Crippen molar-refractivity contribution in [3.05, 3.63) is 80.4 Å². The predicted molar refractivity (Wildman–Crippen MR) is 76.6 cm³/mol. The first-order chi connectivity index (χ1) is 10.1. The van der Waals surface area contributed by atoms with E-state index in [1.165, 1.54) is 30.3 Å². The highest BCUT2D eigenvalue weighted by molar-refractivity contribution is 5.85. The monoisotopic (exact) mass is 286 g/mol. The molecule has 2 aromatic carbocycles. The van der Waals surface area contributed by atoms with E-state index in [0.717, 1.165) is 6.21 Å². The zero-order valence-corrected chi connectivity index (χ0v) is 10.7. The Morgan fingerprint density at radius 3 is 2.19 bits per heavy atom. The summed E-state index contributed by atoms with van der Waals surface area (Å²) in [5, 5.41) is 25.4. The van der Waals surface area contributed by atoms with Crippen LogP contribution in [0.15, 0.2) is 59.7 Å². The van der Waals surface area contributed by atoms with Crippen molar-refractivity contribution in [2.75, 3.05) is 5.12 Å². The van der Waals surface area contributed by atoms with Crippen molar-refractivity contribution in [2.24, 2.45) is 5.10 Å². The molecule has 2 rings (SSSR count). The normalized spacial score (nSPS) is 10.5. The van der Waals surface area contributed by atoms with Crippen LogP contribution in [-0.4, -0.2) is 16.2 Å². The van der Waals surface area contributed by atoms with Gasteiger partial charge >= 0.3 is 0 Å². The lowest BCUT2D eigenvalue weighted by Gasteiger charge is -2.07. The number of nitro groups is 2. The largest absolute Gasteiger partial charge is 0.339 e. The van der Waals surface area contributed by atoms with Gasteiger partial charge in [0, 0.05) is 16.3 Å². The maximum Gasteiger partial charge on any atom is 0.280 e. The first-order valence-electron chi connectivity index (χ1n) is 5.86. The summed E-state index contributed by atoms with van der Waals surface area (Å²) in [6.07, 6.45) is 1.09. The van der Waals surface area contributed by atoms with Gasteiger partial charge in [0.15, 0.2) is 6.21 Å². The van der Waals surface area contributed by atoms with Gasteiger partial charge in [-0.25, -0.2) is 0 Å². The summed E-state index contributed by atoms with van der Waals surface area (Å²) in [5.41, 5.74) is 0.264. The Balaban J connectivity index is 2.34. The van der Waals surface area contributed by atoms with Crippen LogP contribution in [0.25, 0.3) is 0 Å². The summed E-state index contributed by atoms with van der Waals surface area (Å²) in [7, 11) is 0. The number of nitro benzene ring substituents is 1. The van der Waals surface area contributed by atoms with Crippen LogP contribution in [0.4, 0.5) is 11.4 Å². The maximum absolute atomic E-state index is 11.0. The molecule has 0 bridgehead atoms. The average molecular weight is 286 g/mol. The second kappa shape index (κ2) is 6.24. The summed E-state index contributed by atoms with van der Waals surface area (Å²) in [6.45, 7) is 0. The molecule has 0 aliphatic carbocycles. The fourth-order valence-corrected chi connectivity index (χ4v) is 1.64. The number of nitrogens with zero attached hydrogens (tertiary/aromatic N) is 4. The van der Waals surface area contributed by atoms with Crippen LogP contribution in [0.2, 0.25) is 0 Å². The van der Waals surface area contributed by atoms with Crippen LogP contribution in [-0.2, 0) is 0 Å². The van der Waals surface area contributed by atoms with Crippen molar-refractivity contribution < 1.29 is 9.96 Å². The number of para-hydroxylation sites is 2. The zero-order valence-electron chi connectivity index (χ0n) is 10.7. The van der Waals surface area contributed by atoms with Gasteiger partial charge in [-0.05, 0) is 18.2 Å². The van der Waals surface area contributed by atoms with Gasteiger partial charge in [0.05, 0.1) is 15.5 Å². The first-order valence-corrected chi connectivity index (χ1v) is 5.86. The van der Waals surface area contributed by atoms with Crippen molar-refractivity contribution >= 4 is 17.6 Å². The first kappa shape index (κ1) is 14.1. The van der Waals surface area contributed by atoms with Crippen molar-refractivity contribution in [1.82, 2.24) is 0 Å². The molecule has 106 valence electrons. The van der Waals surface area contributed by atoms with Crippen LogP contribution in [0, 0.1) is 20.2 Å². The fraction of sp³-hybridized carbons (Fsp3) is 0. The van der Waals surface area contributed by atoms with Crippen LogP contribution >= 0.6 is 0 Å². The van der Waals surface area contributed by atoms with Crippen LogP contribution in [0.1, 0.15) is 5.56 Å². The van der Waals surface area contributed by atoms with E-state index < -0.39 is 9.96 Å². The molecule has 0 saturated carbocycles. The summed E-state index contributed by atoms with van der Waals surface area (Å²) in [4.78, 5) is 21.3. The van der Waals surface area contributed by atoms with Gasteiger partial charge in [-0.1, -0.05) is 30.3 Å². The fourth-order valence-electron chi connectivity index (χ4n) is 1.64. The molecule has 0 amide bonds. The van der Waals surface area contributed by atoms with Gasteiger partial charge in [-0.2, -0.15) is 0 Å². The molecular weight excluding hydrogens is 276 g/mol. The topological polar surface area (TPSA) is 102 Å². The quantitative estimate of drug-likeness (QED) is 0.477. The van der Waals surface area contributed by atoms with Gasteiger partial charge in [0.25, 0.3) is 5.69 Å². The summed E-state index contributed by atoms with van der Waals surface area (Å²) >= 11 is 0. The minimum atomic E-state index is -0.708. The Bertz CT molecular complexity index is 688. The lowest BCUT2D eigenvalue weighted by Crippen LogP contribution is -2.23. The molecule has 0 atom stereocenters. The molecule has 0 spiro atoms. The minimum Gasteiger partial charge on any atom is -0.339 e. The third-order valence-electron chi connectivity index (χ3n) is 2.58. The molecule has 0 radical (unpaired) electrons. The third-order valence-corrected chi connectivity index (χ3v) is 2.58. The average Bonchev–Trinajstić information content (AvgIpc) is 2.48. The standard InChI is InChI=1S/C13H10N4O4/c18-16(19)13-9-5-4-6-11(13)10-14-15(17(20)21)12-7-2-1-3-8-12/h1-10H. The van der Waals surface area contributed by atoms with Crippen LogP contribution < -0.4 is 5.12 Å². The Hall–Kier alpha value is -3.29. The second-order valence-electron chi connectivity index (χ2n) is 3.92. The number of hydrogen-bond donors (Lipinski definition) is 0. The molecule has 0 fully saturated rings. The molecule has 2 aromatic rings. The number of rotatable bonds is 5. The molecule has 21 heavy (non-hydrogen) atoms. The predicted octanol–water partition coefficient (Wildman–Crippen LogP) is 2.63. The van der Waals surface area contributed by atoms with E-state index in [4.69, 9.17) is 0 Å². The lowest BCUT2D eigenvalue weighted by atomic mass is 10.2. The summed E-state index contributed by atoms with van der Waals surface area (Å²) < 4.78 is 0. The Morgan fingerprint density at radius 2 is 1.57 bits per heavy atom. The van der Waals surface area contributed by atoms with Gasteiger partial charge in [0.2, 0.25) is 0 Å². The number of hydrazine groups is 1. The molecule has 0 aliphatic heterocycles. The number of hydrazone groups is 1. The minimum absolute atomic E-state index is 0.169. The smallest absolute Gasteiger partial charge is 0.280 e. The van der Waals surface area contributed by atoms with E-state index in [1.54, 1.807) is 24.3 Å². The molecule has 0 saturated heterocycles. The van der Waals surface area contributed by atoms with Crippen LogP contribution in [0.3, 0.4) is 0 Å². The molecule has 8 nitrogen and oxygen atoms in total. The SMILES string of the molecule is O=[N+]([O-])c1ccccc1C=NN(c1ccccc1)[N+](=O)[O-].